The van der Waals surface area contributed by atoms with Gasteiger partial charge in [0.2, 0.25) is 5.91 Å². The molecule has 0 bridgehead atoms. The average Bonchev–Trinajstić information content (AvgIpc) is 2.71. The fourth-order valence-corrected chi connectivity index (χ4v) is 3.60. The van der Waals surface area contributed by atoms with Crippen LogP contribution in [0.4, 0.5) is 0 Å². The molecule has 2 aliphatic rings. The number of hydrogen-bond donors (Lipinski definition) is 2. The topological polar surface area (TPSA) is 86.7 Å². The minimum atomic E-state index is -1.03. The van der Waals surface area contributed by atoms with Gasteiger partial charge in [-0.2, -0.15) is 0 Å². The maximum absolute atomic E-state index is 12.8. The van der Waals surface area contributed by atoms with Gasteiger partial charge in [-0.25, -0.2) is 9.80 Å². The summed E-state index contributed by atoms with van der Waals surface area (Å²) in [6, 6.07) is 5.82. The molecule has 0 atom stereocenters. The lowest BCUT2D eigenvalue weighted by atomic mass is 9.87. The molecule has 1 saturated carbocycles. The lowest BCUT2D eigenvalue weighted by molar-refractivity contribution is -0.120. The van der Waals surface area contributed by atoms with E-state index in [9.17, 15) is 14.4 Å². The zero-order valence-electron chi connectivity index (χ0n) is 12.9. The maximum atomic E-state index is 12.8. The summed E-state index contributed by atoms with van der Waals surface area (Å²) < 4.78 is 0. The summed E-state index contributed by atoms with van der Waals surface area (Å²) in [4.78, 5) is 35.7. The molecule has 1 aromatic rings. The number of carboxylic acids is 1. The van der Waals surface area contributed by atoms with E-state index in [4.69, 9.17) is 5.11 Å². The van der Waals surface area contributed by atoms with E-state index in [1.54, 1.807) is 0 Å². The van der Waals surface area contributed by atoms with Gasteiger partial charge in [0, 0.05) is 5.56 Å². The Morgan fingerprint density at radius 3 is 2.13 bits per heavy atom. The predicted molar refractivity (Wildman–Crippen MR) is 82.8 cm³/mol. The highest BCUT2D eigenvalue weighted by Gasteiger charge is 2.47. The van der Waals surface area contributed by atoms with E-state index >= 15 is 0 Å². The zero-order valence-corrected chi connectivity index (χ0v) is 12.9. The van der Waals surface area contributed by atoms with Gasteiger partial charge in [-0.05, 0) is 37.1 Å². The zero-order chi connectivity index (χ0) is 16.4. The third-order valence-corrected chi connectivity index (χ3v) is 4.82. The van der Waals surface area contributed by atoms with Crippen LogP contribution in [0.2, 0.25) is 0 Å². The highest BCUT2D eigenvalue weighted by Crippen LogP contribution is 2.38. The van der Waals surface area contributed by atoms with Crippen molar-refractivity contribution in [3.63, 3.8) is 0 Å². The standard InChI is InChI=1S/C17H20N2O4/c20-14-11-17(9-3-1-2-4-10-17)19(18-14)15(21)12-5-7-13(8-6-12)16(22)23/h5-8H,1-4,9-11H2,(H,18,20)(H,22,23). The molecule has 3 rings (SSSR count). The molecule has 1 heterocycles. The van der Waals surface area contributed by atoms with Crippen molar-refractivity contribution >= 4 is 17.8 Å². The molecule has 0 radical (unpaired) electrons. The van der Waals surface area contributed by atoms with Crippen LogP contribution in [0, 0.1) is 0 Å². The monoisotopic (exact) mass is 316 g/mol. The van der Waals surface area contributed by atoms with Crippen LogP contribution in [-0.2, 0) is 4.79 Å². The van der Waals surface area contributed by atoms with Crippen LogP contribution in [0.1, 0.15) is 65.7 Å². The third kappa shape index (κ3) is 2.93. The number of carboxylic acid groups (broad SMARTS) is 1. The molecule has 1 aliphatic heterocycles. The van der Waals surface area contributed by atoms with Crippen molar-refractivity contribution in [2.24, 2.45) is 0 Å². The largest absolute Gasteiger partial charge is 0.478 e. The van der Waals surface area contributed by atoms with E-state index in [0.29, 0.717) is 12.0 Å². The summed E-state index contributed by atoms with van der Waals surface area (Å²) in [6.07, 6.45) is 6.28. The molecule has 0 aromatic heterocycles. The van der Waals surface area contributed by atoms with Gasteiger partial charge in [-0.1, -0.05) is 25.7 Å². The summed E-state index contributed by atoms with van der Waals surface area (Å²) >= 11 is 0. The van der Waals surface area contributed by atoms with Crippen molar-refractivity contribution in [1.29, 1.82) is 0 Å². The second kappa shape index (κ2) is 6.02. The maximum Gasteiger partial charge on any atom is 0.335 e. The third-order valence-electron chi connectivity index (χ3n) is 4.82. The number of hydrazine groups is 1. The lowest BCUT2D eigenvalue weighted by Crippen LogP contribution is -2.51. The van der Waals surface area contributed by atoms with Gasteiger partial charge >= 0.3 is 5.97 Å². The molecule has 1 aromatic carbocycles. The smallest absolute Gasteiger partial charge is 0.335 e. The summed E-state index contributed by atoms with van der Waals surface area (Å²) in [5, 5.41) is 10.4. The van der Waals surface area contributed by atoms with Crippen LogP contribution in [0.15, 0.2) is 24.3 Å². The Morgan fingerprint density at radius 1 is 1.00 bits per heavy atom. The fourth-order valence-electron chi connectivity index (χ4n) is 3.60. The SMILES string of the molecule is O=C1CC2(CCCCCC2)N(C(=O)c2ccc(C(=O)O)cc2)N1. The summed E-state index contributed by atoms with van der Waals surface area (Å²) in [5.41, 5.74) is 2.80. The van der Waals surface area contributed by atoms with Crippen molar-refractivity contribution in [3.8, 4) is 0 Å². The number of rotatable bonds is 2. The summed E-state index contributed by atoms with van der Waals surface area (Å²) in [7, 11) is 0. The molecule has 23 heavy (non-hydrogen) atoms. The van der Waals surface area contributed by atoms with E-state index in [2.05, 4.69) is 5.43 Å². The van der Waals surface area contributed by atoms with Gasteiger partial charge in [0.25, 0.3) is 5.91 Å². The first-order chi connectivity index (χ1) is 11.0. The highest BCUT2D eigenvalue weighted by molar-refractivity contribution is 5.98. The van der Waals surface area contributed by atoms with Crippen molar-refractivity contribution in [2.75, 3.05) is 0 Å². The van der Waals surface area contributed by atoms with Crippen LogP contribution >= 0.6 is 0 Å². The predicted octanol–water partition coefficient (Wildman–Crippen LogP) is 2.35. The Hall–Kier alpha value is -2.37. The van der Waals surface area contributed by atoms with E-state index in [0.717, 1.165) is 38.5 Å². The minimum absolute atomic E-state index is 0.123. The Kier molecular flexibility index (Phi) is 4.07. The number of nitrogens with one attached hydrogen (secondary N) is 1. The molecule has 1 spiro atoms. The normalized spacial score (nSPS) is 20.2. The molecule has 1 aliphatic carbocycles. The number of benzene rings is 1. The number of carbonyl (C=O) groups excluding carboxylic acids is 2. The molecule has 122 valence electrons. The van der Waals surface area contributed by atoms with Gasteiger partial charge in [0.15, 0.2) is 0 Å². The number of aromatic carboxylic acids is 1. The molecule has 2 amide bonds. The molecular weight excluding hydrogens is 296 g/mol. The van der Waals surface area contributed by atoms with Crippen molar-refractivity contribution in [1.82, 2.24) is 10.4 Å². The van der Waals surface area contributed by atoms with E-state index in [1.165, 1.54) is 29.3 Å². The molecule has 2 fully saturated rings. The Labute approximate surface area is 134 Å². The number of amides is 2. The number of hydrogen-bond acceptors (Lipinski definition) is 3. The van der Waals surface area contributed by atoms with Crippen LogP contribution < -0.4 is 5.43 Å². The quantitative estimate of drug-likeness (QED) is 0.877. The van der Waals surface area contributed by atoms with Crippen molar-refractivity contribution in [3.05, 3.63) is 35.4 Å². The van der Waals surface area contributed by atoms with Gasteiger partial charge in [0.05, 0.1) is 17.5 Å². The molecule has 1 saturated heterocycles. The van der Waals surface area contributed by atoms with Crippen LogP contribution in [0.3, 0.4) is 0 Å². The Bertz CT molecular complexity index is 630. The number of nitrogens with zero attached hydrogens (tertiary/aromatic N) is 1. The second-order valence-electron chi connectivity index (χ2n) is 6.37. The molecule has 0 unspecified atom stereocenters. The lowest BCUT2D eigenvalue weighted by Gasteiger charge is -2.36. The first-order valence-electron chi connectivity index (χ1n) is 7.99. The first-order valence-corrected chi connectivity index (χ1v) is 7.99. The van der Waals surface area contributed by atoms with E-state index in [-0.39, 0.29) is 17.4 Å². The minimum Gasteiger partial charge on any atom is -0.478 e. The van der Waals surface area contributed by atoms with Crippen LogP contribution in [0.25, 0.3) is 0 Å². The molecule has 6 nitrogen and oxygen atoms in total. The van der Waals surface area contributed by atoms with Crippen molar-refractivity contribution < 1.29 is 19.5 Å². The summed E-state index contributed by atoms with van der Waals surface area (Å²) in [5.74, 6) is -1.42. The van der Waals surface area contributed by atoms with Gasteiger partial charge in [0.1, 0.15) is 0 Å². The van der Waals surface area contributed by atoms with Crippen molar-refractivity contribution in [2.45, 2.75) is 50.5 Å². The Balaban J connectivity index is 1.87. The Morgan fingerprint density at radius 2 is 1.57 bits per heavy atom. The molecule has 6 heteroatoms. The average molecular weight is 316 g/mol. The van der Waals surface area contributed by atoms with E-state index in [1.807, 2.05) is 0 Å². The highest BCUT2D eigenvalue weighted by atomic mass is 16.4. The second-order valence-corrected chi connectivity index (χ2v) is 6.37. The molecular formula is C17H20N2O4. The fraction of sp³-hybridized carbons (Fsp3) is 0.471. The first kappa shape index (κ1) is 15.5. The van der Waals surface area contributed by atoms with E-state index < -0.39 is 11.5 Å². The van der Waals surface area contributed by atoms with Gasteiger partial charge < -0.3 is 5.11 Å². The van der Waals surface area contributed by atoms with Gasteiger partial charge in [-0.3, -0.25) is 15.0 Å². The summed E-state index contributed by atoms with van der Waals surface area (Å²) in [6.45, 7) is 0. The van der Waals surface area contributed by atoms with Gasteiger partial charge in [-0.15, -0.1) is 0 Å². The number of carbonyl (C=O) groups is 3. The van der Waals surface area contributed by atoms with Crippen LogP contribution in [0.5, 0.6) is 0 Å². The van der Waals surface area contributed by atoms with Crippen LogP contribution in [-0.4, -0.2) is 33.4 Å². The molecule has 2 N–H and O–H groups in total.